The maximum atomic E-state index is 12.2. The molecule has 7 nitrogen and oxygen atoms in total. The minimum absolute atomic E-state index is 0.195. The maximum Gasteiger partial charge on any atom is 0.335 e. The molecule has 138 valence electrons. The fourth-order valence-electron chi connectivity index (χ4n) is 2.40. The van der Waals surface area contributed by atoms with Gasteiger partial charge in [-0.3, -0.25) is 14.8 Å². The third kappa shape index (κ3) is 3.81. The second-order valence-electron chi connectivity index (χ2n) is 5.36. The number of aliphatic imine (C=N–C) groups is 1. The largest absolute Gasteiger partial charge is 0.494 e. The molecular formula is C18H13BrClN3O4. The van der Waals surface area contributed by atoms with Gasteiger partial charge in [-0.2, -0.15) is 0 Å². The summed E-state index contributed by atoms with van der Waals surface area (Å²) in [5.41, 5.74) is -1.12. The van der Waals surface area contributed by atoms with Gasteiger partial charge in [-0.25, -0.2) is 9.36 Å². The molecule has 2 N–H and O–H groups in total. The molecule has 0 amide bonds. The molecule has 0 aliphatic heterocycles. The fraction of sp³-hybridized carbons (Fsp3) is 0.0556. The van der Waals surface area contributed by atoms with E-state index in [1.165, 1.54) is 7.11 Å². The van der Waals surface area contributed by atoms with Crippen LogP contribution in [-0.4, -0.2) is 28.0 Å². The van der Waals surface area contributed by atoms with Gasteiger partial charge in [0.1, 0.15) is 17.0 Å². The summed E-state index contributed by atoms with van der Waals surface area (Å²) in [6, 6.07) is 11.6. The van der Waals surface area contributed by atoms with Gasteiger partial charge in [0.05, 0.1) is 17.8 Å². The molecule has 27 heavy (non-hydrogen) atoms. The third-order valence-corrected chi connectivity index (χ3v) is 4.50. The number of rotatable bonds is 4. The molecule has 0 atom stereocenters. The van der Waals surface area contributed by atoms with Gasteiger partial charge in [0.15, 0.2) is 0 Å². The summed E-state index contributed by atoms with van der Waals surface area (Å²) < 4.78 is 6.94. The topological polar surface area (TPSA) is 96.7 Å². The quantitative estimate of drug-likeness (QED) is 0.595. The minimum Gasteiger partial charge on any atom is -0.494 e. The number of halogens is 2. The molecule has 0 aliphatic rings. The molecule has 0 saturated heterocycles. The van der Waals surface area contributed by atoms with Crippen molar-refractivity contribution in [3.63, 3.8) is 0 Å². The molecule has 0 radical (unpaired) electrons. The number of nitrogens with one attached hydrogen (secondary N) is 1. The molecule has 0 spiro atoms. The van der Waals surface area contributed by atoms with Crippen LogP contribution in [0, 0.1) is 0 Å². The molecule has 3 aromatic rings. The number of para-hydroxylation sites is 1. The van der Waals surface area contributed by atoms with Crippen LogP contribution in [0.4, 0.5) is 5.69 Å². The third-order valence-electron chi connectivity index (χ3n) is 3.69. The van der Waals surface area contributed by atoms with Crippen molar-refractivity contribution in [1.82, 2.24) is 9.55 Å². The van der Waals surface area contributed by atoms with Crippen molar-refractivity contribution < 1.29 is 9.84 Å². The maximum absolute atomic E-state index is 12.2. The van der Waals surface area contributed by atoms with Gasteiger partial charge < -0.3 is 9.84 Å². The van der Waals surface area contributed by atoms with E-state index in [9.17, 15) is 14.7 Å². The zero-order valence-electron chi connectivity index (χ0n) is 13.9. The normalized spacial score (nSPS) is 11.1. The van der Waals surface area contributed by atoms with E-state index in [1.807, 2.05) is 0 Å². The molecule has 3 rings (SSSR count). The number of methoxy groups -OCH3 is 1. The van der Waals surface area contributed by atoms with Crippen LogP contribution < -0.4 is 16.0 Å². The molecule has 1 heterocycles. The molecule has 2 aromatic carbocycles. The highest BCUT2D eigenvalue weighted by Gasteiger charge is 2.16. The van der Waals surface area contributed by atoms with E-state index in [0.29, 0.717) is 11.4 Å². The van der Waals surface area contributed by atoms with Crippen molar-refractivity contribution in [1.29, 1.82) is 0 Å². The predicted octanol–water partition coefficient (Wildman–Crippen LogP) is 3.41. The van der Waals surface area contributed by atoms with Crippen LogP contribution in [0.3, 0.4) is 0 Å². The van der Waals surface area contributed by atoms with E-state index in [4.69, 9.17) is 16.3 Å². The summed E-state index contributed by atoms with van der Waals surface area (Å²) >= 11 is 9.43. The average Bonchev–Trinajstić information content (AvgIpc) is 2.63. The molecule has 0 fully saturated rings. The second kappa shape index (κ2) is 7.81. The summed E-state index contributed by atoms with van der Waals surface area (Å²) in [7, 11) is 1.49. The summed E-state index contributed by atoms with van der Waals surface area (Å²) in [6.45, 7) is 0. The van der Waals surface area contributed by atoms with Gasteiger partial charge in [0.2, 0.25) is 5.88 Å². The van der Waals surface area contributed by atoms with E-state index in [-0.39, 0.29) is 16.3 Å². The Morgan fingerprint density at radius 2 is 2.00 bits per heavy atom. The molecule has 0 unspecified atom stereocenters. The van der Waals surface area contributed by atoms with Gasteiger partial charge in [0, 0.05) is 10.7 Å². The van der Waals surface area contributed by atoms with E-state index in [2.05, 4.69) is 25.9 Å². The van der Waals surface area contributed by atoms with Crippen LogP contribution in [0.5, 0.6) is 11.6 Å². The van der Waals surface area contributed by atoms with Gasteiger partial charge in [-0.05, 0) is 30.3 Å². The Kier molecular flexibility index (Phi) is 5.48. The monoisotopic (exact) mass is 449 g/mol. The standard InChI is InChI=1S/C18H13BrClN3O4/c1-27-15-8-10(19)6-7-13(15)21-9-11-16(24)22-18(26)23(17(11)25)14-5-3-2-4-12(14)20/h2-9,25H,1H3,(H,22,24,26). The van der Waals surface area contributed by atoms with Gasteiger partial charge >= 0.3 is 5.69 Å². The first-order valence-electron chi connectivity index (χ1n) is 7.63. The fourth-order valence-corrected chi connectivity index (χ4v) is 2.96. The second-order valence-corrected chi connectivity index (χ2v) is 6.68. The minimum atomic E-state index is -0.816. The van der Waals surface area contributed by atoms with Crippen LogP contribution in [0.1, 0.15) is 5.56 Å². The van der Waals surface area contributed by atoms with Crippen LogP contribution in [0.2, 0.25) is 5.02 Å². The summed E-state index contributed by atoms with van der Waals surface area (Å²) in [5.74, 6) is -0.104. The number of aromatic hydroxyl groups is 1. The highest BCUT2D eigenvalue weighted by atomic mass is 79.9. The number of benzene rings is 2. The number of aromatic amines is 1. The molecule has 0 bridgehead atoms. The molecule has 0 saturated carbocycles. The Balaban J connectivity index is 2.15. The highest BCUT2D eigenvalue weighted by molar-refractivity contribution is 9.10. The lowest BCUT2D eigenvalue weighted by atomic mass is 10.2. The number of aromatic nitrogens is 2. The molecular weight excluding hydrogens is 438 g/mol. The lowest BCUT2D eigenvalue weighted by molar-refractivity contribution is 0.416. The SMILES string of the molecule is COc1cc(Br)ccc1N=Cc1c(O)n(-c2ccccc2Cl)c(=O)[nH]c1=O. The lowest BCUT2D eigenvalue weighted by Crippen LogP contribution is -2.31. The van der Waals surface area contributed by atoms with Crippen LogP contribution in [0.25, 0.3) is 5.69 Å². The van der Waals surface area contributed by atoms with E-state index in [1.54, 1.807) is 42.5 Å². The van der Waals surface area contributed by atoms with E-state index < -0.39 is 17.1 Å². The van der Waals surface area contributed by atoms with Crippen molar-refractivity contribution >= 4 is 39.4 Å². The van der Waals surface area contributed by atoms with Gasteiger partial charge in [0.25, 0.3) is 5.56 Å². The van der Waals surface area contributed by atoms with Crippen molar-refractivity contribution in [2.45, 2.75) is 0 Å². The van der Waals surface area contributed by atoms with Crippen LogP contribution >= 0.6 is 27.5 Å². The highest BCUT2D eigenvalue weighted by Crippen LogP contribution is 2.30. The van der Waals surface area contributed by atoms with Crippen molar-refractivity contribution in [3.05, 3.63) is 78.4 Å². The summed E-state index contributed by atoms with van der Waals surface area (Å²) in [5, 5.41) is 10.8. The van der Waals surface area contributed by atoms with Crippen molar-refractivity contribution in [3.8, 4) is 17.3 Å². The first kappa shape index (κ1) is 18.9. The Bertz CT molecular complexity index is 1150. The lowest BCUT2D eigenvalue weighted by Gasteiger charge is -2.11. The van der Waals surface area contributed by atoms with Gasteiger partial charge in [-0.15, -0.1) is 0 Å². The number of nitrogens with zero attached hydrogens (tertiary/aromatic N) is 2. The van der Waals surface area contributed by atoms with Crippen molar-refractivity contribution in [2.24, 2.45) is 4.99 Å². The smallest absolute Gasteiger partial charge is 0.335 e. The zero-order valence-corrected chi connectivity index (χ0v) is 16.3. The van der Waals surface area contributed by atoms with E-state index in [0.717, 1.165) is 15.3 Å². The van der Waals surface area contributed by atoms with Gasteiger partial charge in [-0.1, -0.05) is 39.7 Å². The number of hydrogen-bond acceptors (Lipinski definition) is 5. The number of H-pyrrole nitrogens is 1. The molecule has 9 heteroatoms. The Morgan fingerprint density at radius 3 is 2.70 bits per heavy atom. The Hall–Kier alpha value is -2.84. The zero-order chi connectivity index (χ0) is 19.6. The molecule has 1 aromatic heterocycles. The predicted molar refractivity (Wildman–Crippen MR) is 107 cm³/mol. The van der Waals surface area contributed by atoms with Crippen LogP contribution in [0.15, 0.2) is 61.5 Å². The Labute approximate surface area is 166 Å². The van der Waals surface area contributed by atoms with Crippen molar-refractivity contribution in [2.75, 3.05) is 7.11 Å². The molecule has 0 aliphatic carbocycles. The number of ether oxygens (including phenoxy) is 1. The first-order chi connectivity index (χ1) is 12.9. The summed E-state index contributed by atoms with van der Waals surface area (Å²) in [6.07, 6.45) is 1.16. The van der Waals surface area contributed by atoms with Crippen LogP contribution in [-0.2, 0) is 0 Å². The Morgan fingerprint density at radius 1 is 1.26 bits per heavy atom. The summed E-state index contributed by atoms with van der Waals surface area (Å²) in [4.78, 5) is 30.7. The average molecular weight is 451 g/mol. The first-order valence-corrected chi connectivity index (χ1v) is 8.80. The number of hydrogen-bond donors (Lipinski definition) is 2. The van der Waals surface area contributed by atoms with E-state index >= 15 is 0 Å².